The average molecular weight is 311 g/mol. The predicted molar refractivity (Wildman–Crippen MR) is 83.7 cm³/mol. The number of aromatic hydroxyl groups is 1. The first kappa shape index (κ1) is 16.3. The fraction of sp³-hybridized carbons (Fsp3) is 0.625. The van der Waals surface area contributed by atoms with Crippen molar-refractivity contribution in [2.75, 3.05) is 6.54 Å². The van der Waals surface area contributed by atoms with Gasteiger partial charge in [-0.05, 0) is 49.4 Å². The highest BCUT2D eigenvalue weighted by Crippen LogP contribution is 2.29. The van der Waals surface area contributed by atoms with Gasteiger partial charge in [0.05, 0.1) is 4.90 Å². The molecule has 1 aliphatic carbocycles. The van der Waals surface area contributed by atoms with E-state index in [1.165, 1.54) is 24.3 Å². The molecular formula is C16H25NO3S. The van der Waals surface area contributed by atoms with E-state index in [0.717, 1.165) is 32.1 Å². The molecule has 0 bridgehead atoms. The molecule has 21 heavy (non-hydrogen) atoms. The summed E-state index contributed by atoms with van der Waals surface area (Å²) in [5, 5.41) is 9.34. The van der Waals surface area contributed by atoms with E-state index in [2.05, 4.69) is 13.8 Å². The maximum atomic E-state index is 12.9. The van der Waals surface area contributed by atoms with Gasteiger partial charge in [0.2, 0.25) is 10.0 Å². The predicted octanol–water partition coefficient (Wildman–Crippen LogP) is 3.37. The standard InChI is InChI=1S/C16H25NO3S/c1-13(2)11-12-17(14-5-3-4-6-14)21(19,20)16-9-7-15(18)8-10-16/h7-10,13-14,18H,3-6,11-12H2,1-2H3. The molecule has 1 N–H and O–H groups in total. The number of phenols is 1. The van der Waals surface area contributed by atoms with Crippen molar-refractivity contribution in [1.29, 1.82) is 0 Å². The minimum atomic E-state index is -3.47. The lowest BCUT2D eigenvalue weighted by atomic mass is 10.1. The van der Waals surface area contributed by atoms with Gasteiger partial charge in [-0.15, -0.1) is 0 Å². The average Bonchev–Trinajstić information content (AvgIpc) is 2.92. The molecule has 1 fully saturated rings. The summed E-state index contributed by atoms with van der Waals surface area (Å²) < 4.78 is 27.5. The Hall–Kier alpha value is -1.07. The van der Waals surface area contributed by atoms with Crippen LogP contribution in [-0.2, 0) is 10.0 Å². The van der Waals surface area contributed by atoms with E-state index >= 15 is 0 Å². The zero-order valence-electron chi connectivity index (χ0n) is 12.8. The number of benzene rings is 1. The number of hydrogen-bond donors (Lipinski definition) is 1. The van der Waals surface area contributed by atoms with Gasteiger partial charge in [-0.1, -0.05) is 26.7 Å². The van der Waals surface area contributed by atoms with E-state index in [1.54, 1.807) is 4.31 Å². The molecule has 2 rings (SSSR count). The topological polar surface area (TPSA) is 57.6 Å². The van der Waals surface area contributed by atoms with Crippen LogP contribution in [0.25, 0.3) is 0 Å². The smallest absolute Gasteiger partial charge is 0.243 e. The van der Waals surface area contributed by atoms with Crippen molar-refractivity contribution in [3.8, 4) is 5.75 Å². The molecule has 1 aromatic rings. The molecule has 1 saturated carbocycles. The van der Waals surface area contributed by atoms with E-state index in [0.29, 0.717) is 12.5 Å². The summed E-state index contributed by atoms with van der Waals surface area (Å²) in [6, 6.07) is 5.97. The summed E-state index contributed by atoms with van der Waals surface area (Å²) in [6.07, 6.45) is 4.99. The Morgan fingerprint density at radius 2 is 1.76 bits per heavy atom. The molecule has 0 amide bonds. The van der Waals surface area contributed by atoms with Gasteiger partial charge in [0.25, 0.3) is 0 Å². The van der Waals surface area contributed by atoms with Crippen LogP contribution in [0.15, 0.2) is 29.2 Å². The molecule has 0 atom stereocenters. The van der Waals surface area contributed by atoms with Crippen LogP contribution < -0.4 is 0 Å². The van der Waals surface area contributed by atoms with Crippen LogP contribution in [0.4, 0.5) is 0 Å². The molecule has 4 nitrogen and oxygen atoms in total. The molecule has 5 heteroatoms. The molecule has 0 unspecified atom stereocenters. The summed E-state index contributed by atoms with van der Waals surface area (Å²) >= 11 is 0. The highest BCUT2D eigenvalue weighted by atomic mass is 32.2. The number of sulfonamides is 1. The monoisotopic (exact) mass is 311 g/mol. The largest absolute Gasteiger partial charge is 0.508 e. The van der Waals surface area contributed by atoms with Crippen molar-refractivity contribution in [2.45, 2.75) is 56.9 Å². The Balaban J connectivity index is 2.26. The van der Waals surface area contributed by atoms with E-state index in [1.807, 2.05) is 0 Å². The van der Waals surface area contributed by atoms with E-state index < -0.39 is 10.0 Å². The van der Waals surface area contributed by atoms with Crippen molar-refractivity contribution in [1.82, 2.24) is 4.31 Å². The summed E-state index contributed by atoms with van der Waals surface area (Å²) in [5.74, 6) is 0.562. The first-order valence-electron chi connectivity index (χ1n) is 7.72. The van der Waals surface area contributed by atoms with Crippen LogP contribution >= 0.6 is 0 Å². The molecule has 0 spiro atoms. The lowest BCUT2D eigenvalue weighted by Gasteiger charge is -2.28. The highest BCUT2D eigenvalue weighted by Gasteiger charge is 2.32. The second-order valence-corrected chi connectivity index (χ2v) is 8.12. The fourth-order valence-electron chi connectivity index (χ4n) is 2.83. The van der Waals surface area contributed by atoms with Gasteiger partial charge in [0, 0.05) is 12.6 Å². The third-order valence-electron chi connectivity index (χ3n) is 4.10. The summed E-state index contributed by atoms with van der Waals surface area (Å²) in [7, 11) is -3.47. The Morgan fingerprint density at radius 1 is 1.19 bits per heavy atom. The normalized spacial score (nSPS) is 17.0. The maximum absolute atomic E-state index is 12.9. The lowest BCUT2D eigenvalue weighted by Crippen LogP contribution is -2.39. The van der Waals surface area contributed by atoms with Gasteiger partial charge >= 0.3 is 0 Å². The van der Waals surface area contributed by atoms with Gasteiger partial charge < -0.3 is 5.11 Å². The van der Waals surface area contributed by atoms with Crippen molar-refractivity contribution < 1.29 is 13.5 Å². The number of rotatable bonds is 6. The maximum Gasteiger partial charge on any atom is 0.243 e. The van der Waals surface area contributed by atoms with Gasteiger partial charge in [0.1, 0.15) is 5.75 Å². The van der Waals surface area contributed by atoms with Crippen molar-refractivity contribution in [3.63, 3.8) is 0 Å². The molecule has 0 radical (unpaired) electrons. The van der Waals surface area contributed by atoms with Gasteiger partial charge in [-0.3, -0.25) is 0 Å². The minimum Gasteiger partial charge on any atom is -0.508 e. The first-order valence-corrected chi connectivity index (χ1v) is 9.16. The van der Waals surface area contributed by atoms with Gasteiger partial charge in [-0.25, -0.2) is 8.42 Å². The zero-order valence-corrected chi connectivity index (χ0v) is 13.6. The van der Waals surface area contributed by atoms with Crippen LogP contribution in [-0.4, -0.2) is 30.4 Å². The molecule has 1 aromatic carbocycles. The van der Waals surface area contributed by atoms with E-state index in [4.69, 9.17) is 0 Å². The Kier molecular flexibility index (Phi) is 5.27. The number of phenolic OH excluding ortho intramolecular Hbond substituents is 1. The lowest BCUT2D eigenvalue weighted by molar-refractivity contribution is 0.304. The molecule has 0 aliphatic heterocycles. The fourth-order valence-corrected chi connectivity index (χ4v) is 4.53. The van der Waals surface area contributed by atoms with Gasteiger partial charge in [-0.2, -0.15) is 4.31 Å². The van der Waals surface area contributed by atoms with Crippen LogP contribution in [0.2, 0.25) is 0 Å². The molecule has 1 aliphatic rings. The number of nitrogens with zero attached hydrogens (tertiary/aromatic N) is 1. The third-order valence-corrected chi connectivity index (χ3v) is 6.07. The van der Waals surface area contributed by atoms with Crippen LogP contribution in [0.5, 0.6) is 5.75 Å². The van der Waals surface area contributed by atoms with E-state index in [9.17, 15) is 13.5 Å². The van der Waals surface area contributed by atoms with Crippen LogP contribution in [0.3, 0.4) is 0 Å². The van der Waals surface area contributed by atoms with Crippen LogP contribution in [0.1, 0.15) is 46.0 Å². The zero-order chi connectivity index (χ0) is 15.5. The molecule has 118 valence electrons. The third kappa shape index (κ3) is 3.98. The van der Waals surface area contributed by atoms with Gasteiger partial charge in [0.15, 0.2) is 0 Å². The van der Waals surface area contributed by atoms with Crippen molar-refractivity contribution in [2.24, 2.45) is 5.92 Å². The summed E-state index contributed by atoms with van der Waals surface area (Å²) in [5.41, 5.74) is 0. The quantitative estimate of drug-likeness (QED) is 0.876. The molecule has 0 saturated heterocycles. The summed E-state index contributed by atoms with van der Waals surface area (Å²) in [6.45, 7) is 4.80. The first-order chi connectivity index (χ1) is 9.91. The number of hydrogen-bond acceptors (Lipinski definition) is 3. The summed E-state index contributed by atoms with van der Waals surface area (Å²) in [4.78, 5) is 0.274. The Morgan fingerprint density at radius 3 is 2.29 bits per heavy atom. The van der Waals surface area contributed by atoms with Crippen molar-refractivity contribution >= 4 is 10.0 Å². The molecular weight excluding hydrogens is 286 g/mol. The Labute approximate surface area is 127 Å². The SMILES string of the molecule is CC(C)CCN(C1CCCC1)S(=O)(=O)c1ccc(O)cc1. The second-order valence-electron chi connectivity index (χ2n) is 6.23. The molecule has 0 heterocycles. The highest BCUT2D eigenvalue weighted by molar-refractivity contribution is 7.89. The minimum absolute atomic E-state index is 0.0866. The van der Waals surface area contributed by atoms with Crippen LogP contribution in [0, 0.1) is 5.92 Å². The van der Waals surface area contributed by atoms with E-state index in [-0.39, 0.29) is 16.7 Å². The Bertz CT molecular complexity index is 545. The molecule has 0 aromatic heterocycles. The second kappa shape index (κ2) is 6.79. The van der Waals surface area contributed by atoms with Crippen molar-refractivity contribution in [3.05, 3.63) is 24.3 Å².